The topological polar surface area (TPSA) is 31.5 Å². The molecule has 15 heavy (non-hydrogen) atoms. The standard InChI is InChI=1S/C9H22Si.C2H6S2.H2O/c1-7(2)10(8(3)4)9(5)6;3-1-2-4;/h7-10H,1-6H3;3-4H,1-2H2;1H2. The van der Waals surface area contributed by atoms with Crippen molar-refractivity contribution >= 4 is 34.1 Å². The van der Waals surface area contributed by atoms with Gasteiger partial charge in [-0.3, -0.25) is 0 Å². The van der Waals surface area contributed by atoms with E-state index >= 15 is 0 Å². The predicted octanol–water partition coefficient (Wildman–Crippen LogP) is 3.46. The summed E-state index contributed by atoms with van der Waals surface area (Å²) in [5.41, 5.74) is 2.92. The van der Waals surface area contributed by atoms with Gasteiger partial charge < -0.3 is 5.48 Å². The van der Waals surface area contributed by atoms with Crippen LogP contribution in [0, 0.1) is 0 Å². The maximum Gasteiger partial charge on any atom is 0.0445 e. The first kappa shape index (κ1) is 21.2. The second-order valence-corrected chi connectivity index (χ2v) is 10.8. The van der Waals surface area contributed by atoms with E-state index in [2.05, 4.69) is 66.8 Å². The smallest absolute Gasteiger partial charge is 0.0445 e. The summed E-state index contributed by atoms with van der Waals surface area (Å²) in [4.78, 5) is 0. The Balaban J connectivity index is -0.000000249. The van der Waals surface area contributed by atoms with E-state index in [-0.39, 0.29) is 5.48 Å². The van der Waals surface area contributed by atoms with Crippen LogP contribution in [0.1, 0.15) is 41.5 Å². The quantitative estimate of drug-likeness (QED) is 0.579. The summed E-state index contributed by atoms with van der Waals surface area (Å²) in [6.07, 6.45) is 0. The first-order valence-corrected chi connectivity index (χ1v) is 8.86. The van der Waals surface area contributed by atoms with E-state index in [1.165, 1.54) is 0 Å². The highest BCUT2D eigenvalue weighted by atomic mass is 32.1. The molecule has 0 aliphatic heterocycles. The number of hydrogen-bond acceptors (Lipinski definition) is 2. The lowest BCUT2D eigenvalue weighted by atomic mass is 10.5. The highest BCUT2D eigenvalue weighted by Crippen LogP contribution is 2.28. The molecule has 0 saturated heterocycles. The van der Waals surface area contributed by atoms with Gasteiger partial charge in [-0.25, -0.2) is 0 Å². The molecule has 0 fully saturated rings. The van der Waals surface area contributed by atoms with Gasteiger partial charge in [0.05, 0.1) is 0 Å². The Kier molecular flexibility index (Phi) is 18.3. The lowest BCUT2D eigenvalue weighted by Gasteiger charge is -2.26. The van der Waals surface area contributed by atoms with E-state index in [0.29, 0.717) is 0 Å². The molecule has 0 spiro atoms. The average molecular weight is 271 g/mol. The molecule has 1 nitrogen and oxygen atoms in total. The lowest BCUT2D eigenvalue weighted by molar-refractivity contribution is 0.824. The summed E-state index contributed by atoms with van der Waals surface area (Å²) in [5.74, 6) is 1.76. The summed E-state index contributed by atoms with van der Waals surface area (Å²) in [7, 11) is -0.454. The summed E-state index contributed by atoms with van der Waals surface area (Å²) >= 11 is 7.69. The summed E-state index contributed by atoms with van der Waals surface area (Å²) in [5, 5.41) is 0. The van der Waals surface area contributed by atoms with Crippen molar-refractivity contribution in [1.29, 1.82) is 0 Å². The SMILES string of the molecule is CC(C)[SiH](C(C)C)C(C)C.O.SCCS. The molecule has 0 saturated carbocycles. The molecule has 96 valence electrons. The Labute approximate surface area is 109 Å². The van der Waals surface area contributed by atoms with Crippen molar-refractivity contribution < 1.29 is 5.48 Å². The van der Waals surface area contributed by atoms with Crippen LogP contribution in [0.15, 0.2) is 0 Å². The van der Waals surface area contributed by atoms with E-state index in [9.17, 15) is 0 Å². The van der Waals surface area contributed by atoms with E-state index < -0.39 is 8.80 Å². The van der Waals surface area contributed by atoms with Crippen molar-refractivity contribution in [3.63, 3.8) is 0 Å². The Morgan fingerprint density at radius 3 is 0.933 bits per heavy atom. The molecule has 0 aliphatic carbocycles. The molecular weight excluding hydrogens is 240 g/mol. The largest absolute Gasteiger partial charge is 0.412 e. The lowest BCUT2D eigenvalue weighted by Crippen LogP contribution is -2.24. The molecule has 0 amide bonds. The molecule has 0 aromatic carbocycles. The number of thiol groups is 2. The maximum absolute atomic E-state index is 3.84. The Morgan fingerprint density at radius 1 is 0.733 bits per heavy atom. The highest BCUT2D eigenvalue weighted by Gasteiger charge is 2.22. The fourth-order valence-corrected chi connectivity index (χ4v) is 6.93. The Hall–Kier alpha value is 0.877. The van der Waals surface area contributed by atoms with E-state index in [4.69, 9.17) is 0 Å². The molecule has 0 unspecified atom stereocenters. The first-order valence-electron chi connectivity index (χ1n) is 5.60. The van der Waals surface area contributed by atoms with Gasteiger partial charge in [-0.2, -0.15) is 25.3 Å². The summed E-state index contributed by atoms with van der Waals surface area (Å²) in [6.45, 7) is 14.3. The van der Waals surface area contributed by atoms with Gasteiger partial charge in [0.1, 0.15) is 0 Å². The molecule has 0 aliphatic rings. The molecular formula is C11H30OS2Si. The number of rotatable bonds is 4. The molecule has 2 N–H and O–H groups in total. The van der Waals surface area contributed by atoms with Gasteiger partial charge in [-0.1, -0.05) is 58.2 Å². The van der Waals surface area contributed by atoms with Gasteiger partial charge in [0.2, 0.25) is 0 Å². The van der Waals surface area contributed by atoms with Crippen molar-refractivity contribution in [2.75, 3.05) is 11.5 Å². The molecule has 0 radical (unpaired) electrons. The van der Waals surface area contributed by atoms with Gasteiger partial charge in [0.15, 0.2) is 0 Å². The van der Waals surface area contributed by atoms with Gasteiger partial charge in [0.25, 0.3) is 0 Å². The van der Waals surface area contributed by atoms with E-state index in [0.717, 1.165) is 28.1 Å². The van der Waals surface area contributed by atoms with Crippen LogP contribution in [0.3, 0.4) is 0 Å². The molecule has 0 aromatic heterocycles. The van der Waals surface area contributed by atoms with Crippen LogP contribution in [0.4, 0.5) is 0 Å². The van der Waals surface area contributed by atoms with Crippen molar-refractivity contribution in [1.82, 2.24) is 0 Å². The number of hydrogen-bond donors (Lipinski definition) is 2. The molecule has 0 aromatic rings. The average Bonchev–Trinajstić information content (AvgIpc) is 2.02. The zero-order valence-electron chi connectivity index (χ0n) is 11.1. The van der Waals surface area contributed by atoms with Crippen LogP contribution >= 0.6 is 25.3 Å². The van der Waals surface area contributed by atoms with Gasteiger partial charge in [-0.05, 0) is 11.5 Å². The van der Waals surface area contributed by atoms with E-state index in [1.807, 2.05) is 0 Å². The first-order chi connectivity index (χ1) is 6.38. The second-order valence-electron chi connectivity index (χ2n) is 4.76. The molecule has 0 bridgehead atoms. The van der Waals surface area contributed by atoms with Crippen molar-refractivity contribution in [3.8, 4) is 0 Å². The third-order valence-corrected chi connectivity index (χ3v) is 7.83. The minimum absolute atomic E-state index is 0. The van der Waals surface area contributed by atoms with Crippen LogP contribution < -0.4 is 0 Å². The fourth-order valence-electron chi connectivity index (χ4n) is 2.31. The van der Waals surface area contributed by atoms with Crippen LogP contribution in [0.5, 0.6) is 0 Å². The van der Waals surface area contributed by atoms with Crippen LogP contribution in [0.25, 0.3) is 0 Å². The molecule has 4 heteroatoms. The normalized spacial score (nSPS) is 10.4. The van der Waals surface area contributed by atoms with Gasteiger partial charge >= 0.3 is 0 Å². The van der Waals surface area contributed by atoms with Crippen molar-refractivity contribution in [3.05, 3.63) is 0 Å². The monoisotopic (exact) mass is 270 g/mol. The summed E-state index contributed by atoms with van der Waals surface area (Å²) < 4.78 is 0. The second kappa shape index (κ2) is 12.9. The third-order valence-electron chi connectivity index (χ3n) is 2.41. The Bertz CT molecular complexity index is 98.1. The minimum Gasteiger partial charge on any atom is -0.412 e. The third kappa shape index (κ3) is 12.8. The maximum atomic E-state index is 3.84. The van der Waals surface area contributed by atoms with Crippen LogP contribution in [0.2, 0.25) is 16.6 Å². The zero-order chi connectivity index (χ0) is 11.7. The van der Waals surface area contributed by atoms with Crippen LogP contribution in [-0.4, -0.2) is 25.8 Å². The molecule has 0 atom stereocenters. The molecule has 0 heterocycles. The minimum atomic E-state index is -0.454. The van der Waals surface area contributed by atoms with Gasteiger partial charge in [0, 0.05) is 8.80 Å². The highest BCUT2D eigenvalue weighted by molar-refractivity contribution is 7.84. The Morgan fingerprint density at radius 2 is 0.933 bits per heavy atom. The predicted molar refractivity (Wildman–Crippen MR) is 83.8 cm³/mol. The fraction of sp³-hybridized carbons (Fsp3) is 1.00. The van der Waals surface area contributed by atoms with Crippen LogP contribution in [-0.2, 0) is 0 Å². The van der Waals surface area contributed by atoms with Crippen molar-refractivity contribution in [2.24, 2.45) is 0 Å². The van der Waals surface area contributed by atoms with Gasteiger partial charge in [-0.15, -0.1) is 0 Å². The van der Waals surface area contributed by atoms with Crippen molar-refractivity contribution in [2.45, 2.75) is 58.2 Å². The van der Waals surface area contributed by atoms with E-state index in [1.54, 1.807) is 0 Å². The zero-order valence-corrected chi connectivity index (χ0v) is 14.1. The summed E-state index contributed by atoms with van der Waals surface area (Å²) in [6, 6.07) is 0. The molecule has 0 rings (SSSR count).